The second-order valence-electron chi connectivity index (χ2n) is 19.0. The van der Waals surface area contributed by atoms with Gasteiger partial charge in [0.25, 0.3) is 0 Å². The van der Waals surface area contributed by atoms with Gasteiger partial charge in [-0.25, -0.2) is 0 Å². The van der Waals surface area contributed by atoms with Crippen molar-refractivity contribution >= 4 is 70.5 Å². The Bertz CT molecular complexity index is 3600. The van der Waals surface area contributed by atoms with Gasteiger partial charge in [0, 0.05) is 53.4 Å². The molecule has 0 N–H and O–H groups in total. The monoisotopic (exact) mass is 841 g/mol. The van der Waals surface area contributed by atoms with Crippen molar-refractivity contribution < 1.29 is 4.42 Å². The van der Waals surface area contributed by atoms with E-state index >= 15 is 0 Å². The van der Waals surface area contributed by atoms with E-state index in [0.717, 1.165) is 50.1 Å². The number of para-hydroxylation sites is 1. The maximum absolute atomic E-state index is 6.15. The fraction of sp³-hybridized carbons (Fsp3) is 0.115. The average Bonchev–Trinajstić information content (AvgIpc) is 3.96. The van der Waals surface area contributed by atoms with Crippen LogP contribution in [0.3, 0.4) is 0 Å². The molecule has 0 spiro atoms. The van der Waals surface area contributed by atoms with Gasteiger partial charge in [-0.15, -0.1) is 11.3 Å². The SMILES string of the molecule is CC(C)(C)c1ccc2c(c1)C(C)(C)c1ccc(-c3ccc(N(c4ccc(-c5ccc6c(c5)sc5ccccc56)cc4)c4ccc(-c5ccc6oc7ccccc7c6c5)cc4)cc3)cc1-2. The van der Waals surface area contributed by atoms with Crippen LogP contribution in [0.15, 0.2) is 199 Å². The van der Waals surface area contributed by atoms with E-state index < -0.39 is 0 Å². The molecular weight excluding hydrogens is 795 g/mol. The smallest absolute Gasteiger partial charge is 0.135 e. The van der Waals surface area contributed by atoms with Crippen LogP contribution in [0.1, 0.15) is 51.3 Å². The molecule has 0 saturated heterocycles. The third kappa shape index (κ3) is 6.29. The van der Waals surface area contributed by atoms with E-state index in [0.29, 0.717) is 0 Å². The Morgan fingerprint density at radius 1 is 0.406 bits per heavy atom. The van der Waals surface area contributed by atoms with Crippen LogP contribution in [0.5, 0.6) is 0 Å². The van der Waals surface area contributed by atoms with Crippen LogP contribution in [0.4, 0.5) is 17.1 Å². The van der Waals surface area contributed by atoms with Gasteiger partial charge in [-0.2, -0.15) is 0 Å². The minimum Gasteiger partial charge on any atom is -0.456 e. The molecule has 3 heteroatoms. The summed E-state index contributed by atoms with van der Waals surface area (Å²) in [7, 11) is 0. The van der Waals surface area contributed by atoms with Crippen molar-refractivity contribution in [1.82, 2.24) is 0 Å². The number of benzene rings is 9. The van der Waals surface area contributed by atoms with Gasteiger partial charge in [0.2, 0.25) is 0 Å². The fourth-order valence-electron chi connectivity index (χ4n) is 10.1. The van der Waals surface area contributed by atoms with Crippen LogP contribution in [0, 0.1) is 0 Å². The lowest BCUT2D eigenvalue weighted by Crippen LogP contribution is -2.17. The quantitative estimate of drug-likeness (QED) is 0.166. The fourth-order valence-corrected chi connectivity index (χ4v) is 11.2. The van der Waals surface area contributed by atoms with Gasteiger partial charge in [0.05, 0.1) is 0 Å². The summed E-state index contributed by atoms with van der Waals surface area (Å²) in [4.78, 5) is 2.37. The lowest BCUT2D eigenvalue weighted by Gasteiger charge is -2.26. The highest BCUT2D eigenvalue weighted by molar-refractivity contribution is 7.25. The molecule has 2 aromatic heterocycles. The molecule has 0 unspecified atom stereocenters. The third-order valence-corrected chi connectivity index (χ3v) is 14.8. The first-order valence-corrected chi connectivity index (χ1v) is 23.1. The largest absolute Gasteiger partial charge is 0.456 e. The van der Waals surface area contributed by atoms with E-state index in [4.69, 9.17) is 4.42 Å². The zero-order valence-corrected chi connectivity index (χ0v) is 37.6. The molecule has 0 atom stereocenters. The molecular formula is C61H47NOS. The van der Waals surface area contributed by atoms with Gasteiger partial charge in [0.1, 0.15) is 11.2 Å². The molecule has 0 fully saturated rings. The number of fused-ring (bicyclic) bond motifs is 9. The second kappa shape index (κ2) is 14.4. The Hall–Kier alpha value is -7.20. The molecule has 1 aliphatic carbocycles. The van der Waals surface area contributed by atoms with E-state index in [9.17, 15) is 0 Å². The average molecular weight is 842 g/mol. The lowest BCUT2D eigenvalue weighted by atomic mass is 9.79. The first-order valence-electron chi connectivity index (χ1n) is 22.3. The molecule has 12 rings (SSSR count). The van der Waals surface area contributed by atoms with Gasteiger partial charge < -0.3 is 9.32 Å². The van der Waals surface area contributed by atoms with Crippen LogP contribution >= 0.6 is 11.3 Å². The molecule has 1 aliphatic rings. The van der Waals surface area contributed by atoms with Gasteiger partial charge in [-0.3, -0.25) is 0 Å². The van der Waals surface area contributed by atoms with Crippen molar-refractivity contribution in [2.45, 2.75) is 45.4 Å². The van der Waals surface area contributed by atoms with Gasteiger partial charge in [-0.05, 0) is 139 Å². The molecule has 0 aliphatic heterocycles. The topological polar surface area (TPSA) is 16.4 Å². The van der Waals surface area contributed by atoms with Crippen molar-refractivity contribution in [2.24, 2.45) is 0 Å². The van der Waals surface area contributed by atoms with Crippen molar-refractivity contribution in [3.63, 3.8) is 0 Å². The Morgan fingerprint density at radius 2 is 0.938 bits per heavy atom. The van der Waals surface area contributed by atoms with E-state index in [1.807, 2.05) is 23.5 Å². The molecule has 0 bridgehead atoms. The van der Waals surface area contributed by atoms with Gasteiger partial charge in [-0.1, -0.05) is 156 Å². The summed E-state index contributed by atoms with van der Waals surface area (Å²) in [5.74, 6) is 0. The normalized spacial score (nSPS) is 13.2. The van der Waals surface area contributed by atoms with Crippen molar-refractivity contribution in [2.75, 3.05) is 4.90 Å². The van der Waals surface area contributed by atoms with Crippen LogP contribution in [0.25, 0.3) is 86.6 Å². The van der Waals surface area contributed by atoms with Gasteiger partial charge in [0.15, 0.2) is 0 Å². The number of anilines is 3. The van der Waals surface area contributed by atoms with Crippen LogP contribution in [0.2, 0.25) is 0 Å². The van der Waals surface area contributed by atoms with Crippen molar-refractivity contribution in [1.29, 1.82) is 0 Å². The third-order valence-electron chi connectivity index (χ3n) is 13.7. The molecule has 0 saturated carbocycles. The molecule has 2 nitrogen and oxygen atoms in total. The number of furan rings is 1. The number of rotatable bonds is 6. The van der Waals surface area contributed by atoms with Gasteiger partial charge >= 0.3 is 0 Å². The van der Waals surface area contributed by atoms with E-state index in [2.05, 4.69) is 222 Å². The summed E-state index contributed by atoms with van der Waals surface area (Å²) < 4.78 is 8.79. The summed E-state index contributed by atoms with van der Waals surface area (Å²) in [6.45, 7) is 11.6. The molecule has 9 aromatic carbocycles. The van der Waals surface area contributed by atoms with Crippen molar-refractivity contribution in [3.8, 4) is 44.5 Å². The maximum Gasteiger partial charge on any atom is 0.135 e. The highest BCUT2D eigenvalue weighted by Gasteiger charge is 2.36. The Labute approximate surface area is 378 Å². The van der Waals surface area contributed by atoms with Crippen LogP contribution in [-0.4, -0.2) is 0 Å². The Morgan fingerprint density at radius 3 is 1.61 bits per heavy atom. The minimum atomic E-state index is -0.0499. The van der Waals surface area contributed by atoms with E-state index in [1.165, 1.54) is 70.2 Å². The molecule has 11 aromatic rings. The number of hydrogen-bond donors (Lipinski definition) is 0. The number of nitrogens with zero attached hydrogens (tertiary/aromatic N) is 1. The van der Waals surface area contributed by atoms with Crippen LogP contribution < -0.4 is 4.90 Å². The Balaban J connectivity index is 0.906. The van der Waals surface area contributed by atoms with E-state index in [-0.39, 0.29) is 10.8 Å². The first kappa shape index (κ1) is 38.5. The zero-order chi connectivity index (χ0) is 43.3. The van der Waals surface area contributed by atoms with Crippen LogP contribution in [-0.2, 0) is 10.8 Å². The zero-order valence-electron chi connectivity index (χ0n) is 36.7. The summed E-state index contributed by atoms with van der Waals surface area (Å²) in [6, 6.07) is 71.7. The first-order chi connectivity index (χ1) is 31.1. The molecule has 0 amide bonds. The summed E-state index contributed by atoms with van der Waals surface area (Å²) in [6.07, 6.45) is 0. The highest BCUT2D eigenvalue weighted by atomic mass is 32.1. The second-order valence-corrected chi connectivity index (χ2v) is 20.1. The summed E-state index contributed by atoms with van der Waals surface area (Å²) in [5.41, 5.74) is 19.3. The number of hydrogen-bond acceptors (Lipinski definition) is 3. The minimum absolute atomic E-state index is 0.0499. The predicted molar refractivity (Wildman–Crippen MR) is 274 cm³/mol. The Kier molecular flexibility index (Phi) is 8.67. The summed E-state index contributed by atoms with van der Waals surface area (Å²) in [5, 5.41) is 4.92. The molecule has 308 valence electrons. The number of thiophene rings is 1. The molecule has 0 radical (unpaired) electrons. The lowest BCUT2D eigenvalue weighted by molar-refractivity contribution is 0.584. The predicted octanol–water partition coefficient (Wildman–Crippen LogP) is 18.0. The standard InChI is InChI=1S/C61H47NOS/c1-60(2,3)44-23-31-48-52-34-41(21-32-54(52)61(4,5)55(48)37-44)38-14-24-45(25-15-38)62(46-26-16-39(17-27-46)42-22-33-57-53(35-42)49-10-6-8-12-56(49)63-57)47-28-18-40(19-29-47)43-20-30-51-50-11-7-9-13-58(50)64-59(51)36-43/h6-37H,1-5H3. The molecule has 2 heterocycles. The molecule has 64 heavy (non-hydrogen) atoms. The summed E-state index contributed by atoms with van der Waals surface area (Å²) >= 11 is 1.86. The van der Waals surface area contributed by atoms with Crippen molar-refractivity contribution in [3.05, 3.63) is 211 Å². The highest BCUT2D eigenvalue weighted by Crippen LogP contribution is 2.51. The maximum atomic E-state index is 6.15. The van der Waals surface area contributed by atoms with E-state index in [1.54, 1.807) is 0 Å².